The molecule has 0 spiro atoms. The minimum absolute atomic E-state index is 0.0289. The fraction of sp³-hybridized carbons (Fsp3) is 0.143. The number of hydrogen-bond acceptors (Lipinski definition) is 5. The average molecular weight is 363 g/mol. The first-order chi connectivity index (χ1) is 12.7. The number of thiazole rings is 1. The number of carbonyl (C=O) groups is 1. The topological polar surface area (TPSA) is 59.4 Å². The van der Waals surface area contributed by atoms with Crippen LogP contribution in [0, 0.1) is 0 Å². The summed E-state index contributed by atoms with van der Waals surface area (Å²) < 4.78 is 5.06. The Hall–Kier alpha value is -2.92. The molecule has 0 atom stereocenters. The number of rotatable bonds is 3. The number of phenols is 1. The number of methoxy groups -OCH3 is 1. The van der Waals surface area contributed by atoms with E-state index in [0.29, 0.717) is 12.2 Å². The van der Waals surface area contributed by atoms with Gasteiger partial charge in [-0.25, -0.2) is 4.98 Å². The van der Waals surface area contributed by atoms with Gasteiger partial charge in [-0.2, -0.15) is 0 Å². The lowest BCUT2D eigenvalue weighted by atomic mass is 9.94. The average Bonchev–Trinajstić information content (AvgIpc) is 3.10. The molecule has 1 aliphatic carbocycles. The van der Waals surface area contributed by atoms with E-state index >= 15 is 0 Å². The van der Waals surface area contributed by atoms with Gasteiger partial charge in [-0.15, -0.1) is 11.3 Å². The summed E-state index contributed by atoms with van der Waals surface area (Å²) in [5.74, 6) is 0.510. The van der Waals surface area contributed by atoms with Gasteiger partial charge in [-0.1, -0.05) is 36.4 Å². The maximum Gasteiger partial charge on any atom is 0.200 e. The van der Waals surface area contributed by atoms with Gasteiger partial charge in [0, 0.05) is 11.1 Å². The maximum absolute atomic E-state index is 12.9. The zero-order valence-electron chi connectivity index (χ0n) is 14.2. The number of aromatic hydroxyl groups is 1. The van der Waals surface area contributed by atoms with Crippen LogP contribution in [0.4, 0.5) is 0 Å². The fourth-order valence-corrected chi connectivity index (χ4v) is 4.14. The van der Waals surface area contributed by atoms with Gasteiger partial charge in [-0.3, -0.25) is 4.79 Å². The molecule has 0 saturated heterocycles. The molecule has 0 aliphatic heterocycles. The standard InChI is InChI=1S/C21H17NO3S/c1-25-18-10-7-13(12-17(18)23)11-15-8-9-16-20(19(15)24)26-21(22-16)14-5-3-2-4-6-14/h2-7,10-12,23H,8-9H2,1H3. The number of phenolic OH excluding ortho intramolecular Hbond substituents is 1. The smallest absolute Gasteiger partial charge is 0.200 e. The summed E-state index contributed by atoms with van der Waals surface area (Å²) >= 11 is 1.45. The van der Waals surface area contributed by atoms with E-state index in [2.05, 4.69) is 4.98 Å². The van der Waals surface area contributed by atoms with Crippen LogP contribution in [0.25, 0.3) is 16.6 Å². The Morgan fingerprint density at radius 3 is 2.69 bits per heavy atom. The Balaban J connectivity index is 1.66. The van der Waals surface area contributed by atoms with Crippen LogP contribution in [0.1, 0.15) is 27.3 Å². The summed E-state index contributed by atoms with van der Waals surface area (Å²) in [7, 11) is 1.51. The number of fused-ring (bicyclic) bond motifs is 1. The lowest BCUT2D eigenvalue weighted by Crippen LogP contribution is -2.12. The van der Waals surface area contributed by atoms with Gasteiger partial charge < -0.3 is 9.84 Å². The molecule has 0 fully saturated rings. The number of ether oxygens (including phenoxy) is 1. The van der Waals surface area contributed by atoms with Crippen LogP contribution in [0.2, 0.25) is 0 Å². The zero-order chi connectivity index (χ0) is 18.1. The zero-order valence-corrected chi connectivity index (χ0v) is 15.0. The van der Waals surface area contributed by atoms with Crippen molar-refractivity contribution in [2.24, 2.45) is 0 Å². The predicted molar refractivity (Wildman–Crippen MR) is 103 cm³/mol. The molecule has 5 heteroatoms. The number of aryl methyl sites for hydroxylation is 1. The predicted octanol–water partition coefficient (Wildman–Crippen LogP) is 4.74. The Morgan fingerprint density at radius 1 is 1.15 bits per heavy atom. The van der Waals surface area contributed by atoms with Crippen molar-refractivity contribution in [3.8, 4) is 22.1 Å². The first-order valence-corrected chi connectivity index (χ1v) is 9.15. The highest BCUT2D eigenvalue weighted by Crippen LogP contribution is 2.35. The van der Waals surface area contributed by atoms with E-state index < -0.39 is 0 Å². The number of hydrogen-bond donors (Lipinski definition) is 1. The Morgan fingerprint density at radius 2 is 1.96 bits per heavy atom. The maximum atomic E-state index is 12.9. The third-order valence-electron chi connectivity index (χ3n) is 4.39. The summed E-state index contributed by atoms with van der Waals surface area (Å²) in [6.45, 7) is 0. The van der Waals surface area contributed by atoms with Crippen LogP contribution in [0.3, 0.4) is 0 Å². The normalized spacial score (nSPS) is 15.1. The lowest BCUT2D eigenvalue weighted by molar-refractivity contribution is 0.103. The first-order valence-electron chi connectivity index (χ1n) is 8.33. The van der Waals surface area contributed by atoms with Crippen molar-refractivity contribution in [1.29, 1.82) is 0 Å². The number of Topliss-reactive ketones (excluding diaryl/α,β-unsaturated/α-hetero) is 1. The summed E-state index contributed by atoms with van der Waals surface area (Å²) in [5, 5.41) is 10.8. The van der Waals surface area contributed by atoms with Crippen molar-refractivity contribution in [2.75, 3.05) is 7.11 Å². The van der Waals surface area contributed by atoms with Crippen LogP contribution in [-0.2, 0) is 6.42 Å². The van der Waals surface area contributed by atoms with Crippen LogP contribution in [0.5, 0.6) is 11.5 Å². The van der Waals surface area contributed by atoms with Gasteiger partial charge in [-0.05, 0) is 36.6 Å². The molecule has 0 amide bonds. The van der Waals surface area contributed by atoms with Crippen molar-refractivity contribution in [2.45, 2.75) is 12.8 Å². The van der Waals surface area contributed by atoms with Crippen molar-refractivity contribution in [3.63, 3.8) is 0 Å². The van der Waals surface area contributed by atoms with E-state index in [1.807, 2.05) is 42.5 Å². The van der Waals surface area contributed by atoms with Crippen LogP contribution in [-0.4, -0.2) is 23.0 Å². The number of carbonyl (C=O) groups excluding carboxylic acids is 1. The molecule has 1 N–H and O–H groups in total. The van der Waals surface area contributed by atoms with Gasteiger partial charge in [0.1, 0.15) is 5.01 Å². The highest BCUT2D eigenvalue weighted by Gasteiger charge is 2.26. The Bertz CT molecular complexity index is 1010. The van der Waals surface area contributed by atoms with Gasteiger partial charge in [0.15, 0.2) is 11.5 Å². The number of benzene rings is 2. The van der Waals surface area contributed by atoms with Gasteiger partial charge in [0.05, 0.1) is 17.7 Å². The fourth-order valence-electron chi connectivity index (χ4n) is 3.05. The second-order valence-corrected chi connectivity index (χ2v) is 7.09. The molecule has 4 rings (SSSR count). The molecular formula is C21H17NO3S. The van der Waals surface area contributed by atoms with E-state index in [1.165, 1.54) is 18.4 Å². The Kier molecular flexibility index (Phi) is 4.31. The third-order valence-corrected chi connectivity index (χ3v) is 5.54. The summed E-state index contributed by atoms with van der Waals surface area (Å²) in [4.78, 5) is 18.3. The summed E-state index contributed by atoms with van der Waals surface area (Å²) in [6.07, 6.45) is 3.24. The molecule has 130 valence electrons. The second-order valence-electron chi connectivity index (χ2n) is 6.09. The lowest BCUT2D eigenvalue weighted by Gasteiger charge is -2.12. The highest BCUT2D eigenvalue weighted by molar-refractivity contribution is 7.17. The molecule has 3 aromatic rings. The molecular weight excluding hydrogens is 346 g/mol. The van der Waals surface area contributed by atoms with Crippen molar-refractivity contribution < 1.29 is 14.6 Å². The number of allylic oxidation sites excluding steroid dienone is 1. The van der Waals surface area contributed by atoms with Crippen molar-refractivity contribution in [1.82, 2.24) is 4.98 Å². The molecule has 1 heterocycles. The molecule has 0 bridgehead atoms. The summed E-state index contributed by atoms with van der Waals surface area (Å²) in [5.41, 5.74) is 3.44. The quantitative estimate of drug-likeness (QED) is 0.683. The minimum atomic E-state index is 0.0289. The molecule has 0 saturated carbocycles. The number of nitrogens with zero attached hydrogens (tertiary/aromatic N) is 1. The molecule has 0 radical (unpaired) electrons. The molecule has 1 aliphatic rings. The van der Waals surface area contributed by atoms with E-state index in [4.69, 9.17) is 4.74 Å². The van der Waals surface area contributed by atoms with Crippen molar-refractivity contribution in [3.05, 3.63) is 70.2 Å². The summed E-state index contributed by atoms with van der Waals surface area (Å²) in [6, 6.07) is 15.1. The molecule has 2 aromatic carbocycles. The number of ketones is 1. The van der Waals surface area contributed by atoms with E-state index in [9.17, 15) is 9.90 Å². The van der Waals surface area contributed by atoms with Crippen LogP contribution < -0.4 is 4.74 Å². The van der Waals surface area contributed by atoms with Gasteiger partial charge in [0.2, 0.25) is 5.78 Å². The first kappa shape index (κ1) is 16.5. The van der Waals surface area contributed by atoms with Gasteiger partial charge >= 0.3 is 0 Å². The Labute approximate surface area is 155 Å². The third kappa shape index (κ3) is 3.02. The van der Waals surface area contributed by atoms with E-state index in [0.717, 1.165) is 38.7 Å². The molecule has 26 heavy (non-hydrogen) atoms. The van der Waals surface area contributed by atoms with Gasteiger partial charge in [0.25, 0.3) is 0 Å². The second kappa shape index (κ2) is 6.77. The van der Waals surface area contributed by atoms with E-state index in [-0.39, 0.29) is 11.5 Å². The minimum Gasteiger partial charge on any atom is -0.504 e. The van der Waals surface area contributed by atoms with Crippen LogP contribution in [0.15, 0.2) is 54.1 Å². The van der Waals surface area contributed by atoms with Crippen LogP contribution >= 0.6 is 11.3 Å². The molecule has 0 unspecified atom stereocenters. The van der Waals surface area contributed by atoms with E-state index in [1.54, 1.807) is 12.1 Å². The molecule has 1 aromatic heterocycles. The monoisotopic (exact) mass is 363 g/mol. The molecule has 4 nitrogen and oxygen atoms in total. The number of aromatic nitrogens is 1. The highest BCUT2D eigenvalue weighted by atomic mass is 32.1. The largest absolute Gasteiger partial charge is 0.504 e. The SMILES string of the molecule is COc1ccc(C=C2CCc3nc(-c4ccccc4)sc3C2=O)cc1O. The van der Waals surface area contributed by atoms with Crippen molar-refractivity contribution >= 4 is 23.2 Å².